The van der Waals surface area contributed by atoms with Crippen LogP contribution in [0.2, 0.25) is 10.2 Å². The Labute approximate surface area is 105 Å². The summed E-state index contributed by atoms with van der Waals surface area (Å²) in [5, 5.41) is 0.509. The highest BCUT2D eigenvalue weighted by Crippen LogP contribution is 2.20. The van der Waals surface area contributed by atoms with Gasteiger partial charge in [-0.15, -0.1) is 0 Å². The highest BCUT2D eigenvalue weighted by molar-refractivity contribution is 6.41. The van der Waals surface area contributed by atoms with Crippen LogP contribution in [0, 0.1) is 5.92 Å². The number of pyridine rings is 1. The molecule has 3 nitrogen and oxygen atoms in total. The Morgan fingerprint density at radius 2 is 2.12 bits per heavy atom. The molecular weight excluding hydrogens is 247 g/mol. The molecular formula is C11H14Cl2N2O. The van der Waals surface area contributed by atoms with E-state index in [9.17, 15) is 4.79 Å². The van der Waals surface area contributed by atoms with E-state index >= 15 is 0 Å². The fraction of sp³-hybridized carbons (Fsp3) is 0.455. The third-order valence-electron chi connectivity index (χ3n) is 2.03. The van der Waals surface area contributed by atoms with Gasteiger partial charge in [0.1, 0.15) is 5.15 Å². The molecule has 5 heteroatoms. The second-order valence-electron chi connectivity index (χ2n) is 4.08. The number of carbonyl (C=O) groups excluding carboxylic acids is 1. The Kier molecular flexibility index (Phi) is 4.56. The van der Waals surface area contributed by atoms with E-state index in [0.29, 0.717) is 23.0 Å². The Balaban J connectivity index is 2.84. The molecule has 0 N–H and O–H groups in total. The molecule has 0 saturated heterocycles. The average molecular weight is 261 g/mol. The summed E-state index contributed by atoms with van der Waals surface area (Å²) in [6.07, 6.45) is 1.44. The van der Waals surface area contributed by atoms with Gasteiger partial charge in [-0.2, -0.15) is 0 Å². The van der Waals surface area contributed by atoms with Crippen molar-refractivity contribution in [3.05, 3.63) is 28.0 Å². The summed E-state index contributed by atoms with van der Waals surface area (Å²) < 4.78 is 0. The summed E-state index contributed by atoms with van der Waals surface area (Å²) in [6.45, 7) is 4.80. The second kappa shape index (κ2) is 5.51. The van der Waals surface area contributed by atoms with Crippen molar-refractivity contribution in [3.8, 4) is 0 Å². The Hall–Kier alpha value is -0.800. The van der Waals surface area contributed by atoms with Crippen molar-refractivity contribution < 1.29 is 4.79 Å². The van der Waals surface area contributed by atoms with Gasteiger partial charge in [0, 0.05) is 19.8 Å². The number of aromatic nitrogens is 1. The largest absolute Gasteiger partial charge is 0.341 e. The predicted molar refractivity (Wildman–Crippen MR) is 66.1 cm³/mol. The molecule has 0 atom stereocenters. The van der Waals surface area contributed by atoms with E-state index < -0.39 is 0 Å². The van der Waals surface area contributed by atoms with Crippen molar-refractivity contribution in [2.24, 2.45) is 5.92 Å². The first-order chi connectivity index (χ1) is 7.41. The van der Waals surface area contributed by atoms with E-state index in [2.05, 4.69) is 18.8 Å². The van der Waals surface area contributed by atoms with Crippen molar-refractivity contribution >= 4 is 29.1 Å². The lowest BCUT2D eigenvalue weighted by Gasteiger charge is -2.19. The minimum Gasteiger partial charge on any atom is -0.341 e. The van der Waals surface area contributed by atoms with Gasteiger partial charge >= 0.3 is 0 Å². The summed E-state index contributed by atoms with van der Waals surface area (Å²) in [6, 6.07) is 1.54. The van der Waals surface area contributed by atoms with E-state index in [1.807, 2.05) is 0 Å². The number of amides is 1. The van der Waals surface area contributed by atoms with Gasteiger partial charge in [-0.25, -0.2) is 4.98 Å². The average Bonchev–Trinajstić information content (AvgIpc) is 2.20. The number of carbonyl (C=O) groups is 1. The molecule has 0 spiro atoms. The van der Waals surface area contributed by atoms with Gasteiger partial charge in [-0.1, -0.05) is 37.0 Å². The van der Waals surface area contributed by atoms with Crippen LogP contribution in [0.1, 0.15) is 24.2 Å². The fourth-order valence-corrected chi connectivity index (χ4v) is 1.66. The molecule has 0 aliphatic rings. The monoisotopic (exact) mass is 260 g/mol. The molecule has 0 aliphatic heterocycles. The zero-order valence-electron chi connectivity index (χ0n) is 9.50. The van der Waals surface area contributed by atoms with Gasteiger partial charge in [-0.3, -0.25) is 4.79 Å². The number of nitrogens with zero attached hydrogens (tertiary/aromatic N) is 2. The van der Waals surface area contributed by atoms with Gasteiger partial charge in [0.05, 0.1) is 10.6 Å². The maximum absolute atomic E-state index is 11.9. The molecule has 0 aromatic carbocycles. The van der Waals surface area contributed by atoms with Gasteiger partial charge in [-0.05, 0) is 12.0 Å². The zero-order chi connectivity index (χ0) is 12.3. The molecule has 1 rings (SSSR count). The predicted octanol–water partition coefficient (Wildman–Crippen LogP) is 3.12. The maximum atomic E-state index is 11.9. The Morgan fingerprint density at radius 3 is 2.62 bits per heavy atom. The van der Waals surface area contributed by atoms with E-state index in [-0.39, 0.29) is 11.1 Å². The first-order valence-electron chi connectivity index (χ1n) is 4.98. The van der Waals surface area contributed by atoms with Crippen LogP contribution in [-0.4, -0.2) is 29.4 Å². The minimum atomic E-state index is -0.0974. The first kappa shape index (κ1) is 13.3. The lowest BCUT2D eigenvalue weighted by atomic mass is 10.2. The molecule has 0 radical (unpaired) electrons. The molecule has 16 heavy (non-hydrogen) atoms. The zero-order valence-corrected chi connectivity index (χ0v) is 11.0. The summed E-state index contributed by atoms with van der Waals surface area (Å²) in [5.41, 5.74) is 0.456. The number of hydrogen-bond donors (Lipinski definition) is 0. The quantitative estimate of drug-likeness (QED) is 0.783. The van der Waals surface area contributed by atoms with E-state index in [4.69, 9.17) is 23.2 Å². The molecule has 88 valence electrons. The first-order valence-corrected chi connectivity index (χ1v) is 5.74. The second-order valence-corrected chi connectivity index (χ2v) is 4.84. The van der Waals surface area contributed by atoms with Crippen LogP contribution in [0.3, 0.4) is 0 Å². The number of hydrogen-bond acceptors (Lipinski definition) is 2. The van der Waals surface area contributed by atoms with Crippen LogP contribution in [0.5, 0.6) is 0 Å². The van der Waals surface area contributed by atoms with Crippen molar-refractivity contribution in [2.45, 2.75) is 13.8 Å². The topological polar surface area (TPSA) is 33.2 Å². The molecule has 0 aliphatic carbocycles. The van der Waals surface area contributed by atoms with Crippen LogP contribution in [0.15, 0.2) is 12.3 Å². The smallest absolute Gasteiger partial charge is 0.255 e. The molecule has 1 amide bonds. The minimum absolute atomic E-state index is 0.0974. The van der Waals surface area contributed by atoms with Gasteiger partial charge < -0.3 is 4.90 Å². The highest BCUT2D eigenvalue weighted by atomic mass is 35.5. The van der Waals surface area contributed by atoms with Gasteiger partial charge in [0.25, 0.3) is 5.91 Å². The lowest BCUT2D eigenvalue weighted by Crippen LogP contribution is -2.30. The standard InChI is InChI=1S/C11H14Cl2N2O/c1-7(2)6-15(3)11(16)8-4-9(12)10(13)14-5-8/h4-5,7H,6H2,1-3H3. The summed E-state index contributed by atoms with van der Waals surface area (Å²) in [4.78, 5) is 17.4. The van der Waals surface area contributed by atoms with Crippen molar-refractivity contribution in [1.29, 1.82) is 0 Å². The van der Waals surface area contributed by atoms with Crippen LogP contribution in [0.4, 0.5) is 0 Å². The fourth-order valence-electron chi connectivity index (χ4n) is 1.39. The third kappa shape index (κ3) is 3.35. The van der Waals surface area contributed by atoms with Gasteiger partial charge in [0.2, 0.25) is 0 Å². The van der Waals surface area contributed by atoms with E-state index in [1.165, 1.54) is 12.3 Å². The van der Waals surface area contributed by atoms with Crippen LogP contribution in [-0.2, 0) is 0 Å². The normalized spacial score (nSPS) is 10.6. The molecule has 0 bridgehead atoms. The number of halogens is 2. The van der Waals surface area contributed by atoms with E-state index in [1.54, 1.807) is 11.9 Å². The highest BCUT2D eigenvalue weighted by Gasteiger charge is 2.14. The van der Waals surface area contributed by atoms with Crippen LogP contribution >= 0.6 is 23.2 Å². The molecule has 1 heterocycles. The number of rotatable bonds is 3. The maximum Gasteiger partial charge on any atom is 0.255 e. The summed E-state index contributed by atoms with van der Waals surface area (Å²) in [7, 11) is 1.75. The molecule has 0 fully saturated rings. The third-order valence-corrected chi connectivity index (χ3v) is 2.71. The lowest BCUT2D eigenvalue weighted by molar-refractivity contribution is 0.0779. The molecule has 1 aromatic heterocycles. The molecule has 0 saturated carbocycles. The van der Waals surface area contributed by atoms with Gasteiger partial charge in [0.15, 0.2) is 0 Å². The Morgan fingerprint density at radius 1 is 1.50 bits per heavy atom. The van der Waals surface area contributed by atoms with Crippen molar-refractivity contribution in [3.63, 3.8) is 0 Å². The van der Waals surface area contributed by atoms with Crippen molar-refractivity contribution in [1.82, 2.24) is 9.88 Å². The van der Waals surface area contributed by atoms with Crippen LogP contribution < -0.4 is 0 Å². The Bertz CT molecular complexity index is 394. The van der Waals surface area contributed by atoms with E-state index in [0.717, 1.165) is 0 Å². The SMILES string of the molecule is CC(C)CN(C)C(=O)c1cnc(Cl)c(Cl)c1. The summed E-state index contributed by atoms with van der Waals surface area (Å²) in [5.74, 6) is 0.324. The summed E-state index contributed by atoms with van der Waals surface area (Å²) >= 11 is 11.5. The van der Waals surface area contributed by atoms with Crippen molar-refractivity contribution in [2.75, 3.05) is 13.6 Å². The molecule has 0 unspecified atom stereocenters. The molecule has 1 aromatic rings. The van der Waals surface area contributed by atoms with Crippen LogP contribution in [0.25, 0.3) is 0 Å².